The molecule has 0 radical (unpaired) electrons. The molecule has 1 aromatic heterocycles. The zero-order valence-electron chi connectivity index (χ0n) is 14.9. The van der Waals surface area contributed by atoms with Crippen LogP contribution < -0.4 is 5.32 Å². The van der Waals surface area contributed by atoms with Gasteiger partial charge in [-0.1, -0.05) is 0 Å². The molecule has 2 aliphatic heterocycles. The van der Waals surface area contributed by atoms with Crippen LogP contribution in [0.25, 0.3) is 0 Å². The maximum absolute atomic E-state index is 12.3. The molecule has 146 valence electrons. The number of piperidine rings is 1. The van der Waals surface area contributed by atoms with Gasteiger partial charge in [0.1, 0.15) is 6.61 Å². The number of carbonyl (C=O) groups is 4. The molecule has 0 unspecified atom stereocenters. The summed E-state index contributed by atoms with van der Waals surface area (Å²) in [7, 11) is 1.27. The Kier molecular flexibility index (Phi) is 5.63. The standard InChI is InChI=1S/C17H21N3O7/c1-25-16(23)12-10-27-17(24)20(12)11-4-6-19(7-5-11)14(21)9-18-15(22)13-3-2-8-26-13/h2-3,8,11-12H,4-7,9-10H2,1H3,(H,18,22)/t12-/m1/s1. The lowest BCUT2D eigenvalue weighted by Crippen LogP contribution is -2.53. The quantitative estimate of drug-likeness (QED) is 0.715. The minimum Gasteiger partial charge on any atom is -0.467 e. The number of rotatable bonds is 5. The molecule has 1 aromatic rings. The van der Waals surface area contributed by atoms with Crippen molar-refractivity contribution in [3.05, 3.63) is 24.2 Å². The first-order valence-electron chi connectivity index (χ1n) is 8.63. The van der Waals surface area contributed by atoms with Crippen LogP contribution in [0.15, 0.2) is 22.8 Å². The number of carbonyl (C=O) groups excluding carboxylic acids is 4. The molecule has 0 aliphatic carbocycles. The Balaban J connectivity index is 1.49. The van der Waals surface area contributed by atoms with E-state index in [1.807, 2.05) is 0 Å². The van der Waals surface area contributed by atoms with Gasteiger partial charge in [0.25, 0.3) is 5.91 Å². The van der Waals surface area contributed by atoms with Gasteiger partial charge in [0.15, 0.2) is 11.8 Å². The van der Waals surface area contributed by atoms with E-state index >= 15 is 0 Å². The number of methoxy groups -OCH3 is 1. The van der Waals surface area contributed by atoms with E-state index < -0.39 is 24.0 Å². The molecule has 0 spiro atoms. The number of nitrogens with zero attached hydrogens (tertiary/aromatic N) is 2. The number of nitrogens with one attached hydrogen (secondary N) is 1. The molecule has 3 rings (SSSR count). The molecule has 10 nitrogen and oxygen atoms in total. The molecule has 10 heteroatoms. The number of hydrogen-bond acceptors (Lipinski definition) is 7. The third-order valence-corrected chi connectivity index (χ3v) is 4.74. The third-order valence-electron chi connectivity index (χ3n) is 4.74. The summed E-state index contributed by atoms with van der Waals surface area (Å²) in [5.74, 6) is -1.05. The Morgan fingerprint density at radius 3 is 2.67 bits per heavy atom. The van der Waals surface area contributed by atoms with E-state index in [9.17, 15) is 19.2 Å². The molecule has 27 heavy (non-hydrogen) atoms. The van der Waals surface area contributed by atoms with Crippen LogP contribution >= 0.6 is 0 Å². The average molecular weight is 379 g/mol. The lowest BCUT2D eigenvalue weighted by atomic mass is 10.0. The Hall–Kier alpha value is -3.04. The zero-order valence-corrected chi connectivity index (χ0v) is 14.9. The number of esters is 1. The highest BCUT2D eigenvalue weighted by Gasteiger charge is 2.44. The van der Waals surface area contributed by atoms with E-state index in [4.69, 9.17) is 13.9 Å². The largest absolute Gasteiger partial charge is 0.467 e. The summed E-state index contributed by atoms with van der Waals surface area (Å²) in [6, 6.07) is 2.15. The van der Waals surface area contributed by atoms with E-state index in [1.54, 1.807) is 11.0 Å². The second-order valence-electron chi connectivity index (χ2n) is 6.30. The van der Waals surface area contributed by atoms with Crippen LogP contribution in [0.4, 0.5) is 4.79 Å². The predicted molar refractivity (Wildman–Crippen MR) is 89.6 cm³/mol. The van der Waals surface area contributed by atoms with Gasteiger partial charge < -0.3 is 24.1 Å². The molecular weight excluding hydrogens is 358 g/mol. The number of likely N-dealkylation sites (tertiary alicyclic amines) is 1. The second kappa shape index (κ2) is 8.11. The van der Waals surface area contributed by atoms with E-state index in [-0.39, 0.29) is 30.9 Å². The zero-order chi connectivity index (χ0) is 19.4. The molecule has 1 N–H and O–H groups in total. The van der Waals surface area contributed by atoms with Gasteiger partial charge in [-0.2, -0.15) is 0 Å². The van der Waals surface area contributed by atoms with E-state index in [2.05, 4.69) is 5.32 Å². The Morgan fingerprint density at radius 1 is 1.30 bits per heavy atom. The van der Waals surface area contributed by atoms with Gasteiger partial charge in [-0.15, -0.1) is 0 Å². The van der Waals surface area contributed by atoms with Crippen molar-refractivity contribution >= 4 is 23.9 Å². The first-order valence-corrected chi connectivity index (χ1v) is 8.63. The molecule has 2 fully saturated rings. The fourth-order valence-electron chi connectivity index (χ4n) is 3.31. The smallest absolute Gasteiger partial charge is 0.410 e. The second-order valence-corrected chi connectivity index (χ2v) is 6.30. The number of ether oxygens (including phenoxy) is 2. The molecule has 0 saturated carbocycles. The van der Waals surface area contributed by atoms with Crippen LogP contribution in [0.5, 0.6) is 0 Å². The first kappa shape index (κ1) is 18.7. The van der Waals surface area contributed by atoms with Crippen molar-refractivity contribution in [2.75, 3.05) is 33.4 Å². The highest BCUT2D eigenvalue weighted by molar-refractivity contribution is 5.94. The third kappa shape index (κ3) is 4.04. The van der Waals surface area contributed by atoms with E-state index in [0.717, 1.165) is 0 Å². The van der Waals surface area contributed by atoms with Gasteiger partial charge in [-0.25, -0.2) is 9.59 Å². The molecule has 3 heterocycles. The number of furan rings is 1. The van der Waals surface area contributed by atoms with Crippen molar-refractivity contribution in [3.8, 4) is 0 Å². The molecular formula is C17H21N3O7. The summed E-state index contributed by atoms with van der Waals surface area (Å²) >= 11 is 0. The Labute approximate surface area is 155 Å². The van der Waals surface area contributed by atoms with Gasteiger partial charge in [-0.3, -0.25) is 14.5 Å². The summed E-state index contributed by atoms with van der Waals surface area (Å²) in [4.78, 5) is 50.9. The molecule has 0 aromatic carbocycles. The van der Waals surface area contributed by atoms with E-state index in [1.165, 1.54) is 24.3 Å². The van der Waals surface area contributed by atoms with Crippen LogP contribution in [-0.2, 0) is 19.1 Å². The number of hydrogen-bond donors (Lipinski definition) is 1. The molecule has 0 bridgehead atoms. The monoisotopic (exact) mass is 379 g/mol. The Morgan fingerprint density at radius 2 is 2.04 bits per heavy atom. The van der Waals surface area contributed by atoms with Crippen molar-refractivity contribution in [2.24, 2.45) is 0 Å². The maximum Gasteiger partial charge on any atom is 0.410 e. The summed E-state index contributed by atoms with van der Waals surface area (Å²) in [5.41, 5.74) is 0. The average Bonchev–Trinajstić information content (AvgIpc) is 3.35. The maximum atomic E-state index is 12.3. The van der Waals surface area contributed by atoms with Crippen molar-refractivity contribution in [1.29, 1.82) is 0 Å². The first-order chi connectivity index (χ1) is 13.0. The summed E-state index contributed by atoms with van der Waals surface area (Å²) in [6.07, 6.45) is 1.87. The van der Waals surface area contributed by atoms with Gasteiger partial charge in [0.2, 0.25) is 5.91 Å². The van der Waals surface area contributed by atoms with Crippen molar-refractivity contribution < 1.29 is 33.1 Å². The summed E-state index contributed by atoms with van der Waals surface area (Å²) in [6.45, 7) is 0.666. The van der Waals surface area contributed by atoms with Gasteiger partial charge in [0, 0.05) is 19.1 Å². The molecule has 3 amide bonds. The number of cyclic esters (lactones) is 1. The molecule has 1 atom stereocenters. The summed E-state index contributed by atoms with van der Waals surface area (Å²) < 4.78 is 14.7. The Bertz CT molecular complexity index is 710. The topological polar surface area (TPSA) is 118 Å². The van der Waals surface area contributed by atoms with Crippen molar-refractivity contribution in [2.45, 2.75) is 24.9 Å². The van der Waals surface area contributed by atoms with Gasteiger partial charge in [0.05, 0.1) is 19.9 Å². The minimum atomic E-state index is -0.748. The highest BCUT2D eigenvalue weighted by atomic mass is 16.6. The van der Waals surface area contributed by atoms with E-state index in [0.29, 0.717) is 25.9 Å². The van der Waals surface area contributed by atoms with Crippen LogP contribution in [0, 0.1) is 0 Å². The lowest BCUT2D eigenvalue weighted by molar-refractivity contribution is -0.146. The fourth-order valence-corrected chi connectivity index (χ4v) is 3.31. The van der Waals surface area contributed by atoms with Crippen LogP contribution in [0.2, 0.25) is 0 Å². The van der Waals surface area contributed by atoms with Crippen LogP contribution in [0.1, 0.15) is 23.4 Å². The normalized spacial score (nSPS) is 20.3. The summed E-state index contributed by atoms with van der Waals surface area (Å²) in [5, 5.41) is 2.52. The highest BCUT2D eigenvalue weighted by Crippen LogP contribution is 2.24. The van der Waals surface area contributed by atoms with Crippen LogP contribution in [0.3, 0.4) is 0 Å². The van der Waals surface area contributed by atoms with Gasteiger partial charge >= 0.3 is 12.1 Å². The lowest BCUT2D eigenvalue weighted by Gasteiger charge is -2.37. The van der Waals surface area contributed by atoms with Crippen molar-refractivity contribution in [3.63, 3.8) is 0 Å². The molecule has 2 saturated heterocycles. The number of amides is 3. The van der Waals surface area contributed by atoms with Crippen LogP contribution in [-0.4, -0.2) is 79.1 Å². The predicted octanol–water partition coefficient (Wildman–Crippen LogP) is -0.00580. The van der Waals surface area contributed by atoms with Crippen molar-refractivity contribution in [1.82, 2.24) is 15.1 Å². The van der Waals surface area contributed by atoms with Gasteiger partial charge in [-0.05, 0) is 25.0 Å². The SMILES string of the molecule is COC(=O)[C@H]1COC(=O)N1C1CCN(C(=O)CNC(=O)c2ccco2)CC1. The fraction of sp³-hybridized carbons (Fsp3) is 0.529. The minimum absolute atomic E-state index is 0.0243. The molecule has 2 aliphatic rings.